The molecule has 1 saturated heterocycles. The van der Waals surface area contributed by atoms with E-state index in [1.165, 1.54) is 5.56 Å². The molecule has 1 aromatic carbocycles. The van der Waals surface area contributed by atoms with E-state index in [2.05, 4.69) is 14.5 Å². The molecule has 1 atom stereocenters. The van der Waals surface area contributed by atoms with Crippen LogP contribution in [-0.2, 0) is 17.8 Å². The Morgan fingerprint density at radius 1 is 1.04 bits per heavy atom. The number of hydrogen-bond donors (Lipinski definition) is 0. The molecule has 27 heavy (non-hydrogen) atoms. The number of pyridine rings is 1. The van der Waals surface area contributed by atoms with Crippen LogP contribution in [0.15, 0.2) is 67.3 Å². The zero-order valence-electron chi connectivity index (χ0n) is 15.4. The van der Waals surface area contributed by atoms with Gasteiger partial charge in [-0.1, -0.05) is 30.3 Å². The lowest BCUT2D eigenvalue weighted by atomic mass is 9.96. The number of carbonyl (C=O) groups excluding carboxylic acids is 1. The normalized spacial score (nSPS) is 17.0. The Balaban J connectivity index is 1.44. The molecule has 0 unspecified atom stereocenters. The van der Waals surface area contributed by atoms with Crippen LogP contribution in [0.1, 0.15) is 35.7 Å². The number of hydrogen-bond acceptors (Lipinski definition) is 3. The standard InChI is InChI=1S/C22H24N4O/c27-21(15-18-5-2-1-3-6-18)25-13-4-7-20(17-25)22-24-12-14-26(22)16-19-8-10-23-11-9-19/h1-3,5-6,8-12,14,20H,4,7,13,15-17H2/t20-/m1/s1. The number of benzene rings is 1. The SMILES string of the molecule is O=C(Cc1ccccc1)N1CCC[C@@H](c2nccn2Cc2ccncc2)C1. The Kier molecular flexibility index (Phi) is 5.28. The highest BCUT2D eigenvalue weighted by molar-refractivity contribution is 5.78. The van der Waals surface area contributed by atoms with Gasteiger partial charge in [-0.15, -0.1) is 0 Å². The quantitative estimate of drug-likeness (QED) is 0.702. The maximum absolute atomic E-state index is 12.8. The Hall–Kier alpha value is -2.95. The molecule has 0 radical (unpaired) electrons. The number of nitrogens with zero attached hydrogens (tertiary/aromatic N) is 4. The first kappa shape index (κ1) is 17.5. The van der Waals surface area contributed by atoms with Crippen LogP contribution in [0.25, 0.3) is 0 Å². The molecule has 4 rings (SSSR count). The van der Waals surface area contributed by atoms with Gasteiger partial charge in [0.15, 0.2) is 0 Å². The number of imidazole rings is 1. The molecule has 0 N–H and O–H groups in total. The van der Waals surface area contributed by atoms with E-state index in [-0.39, 0.29) is 11.8 Å². The fourth-order valence-corrected chi connectivity index (χ4v) is 3.80. The minimum atomic E-state index is 0.207. The predicted molar refractivity (Wildman–Crippen MR) is 104 cm³/mol. The minimum absolute atomic E-state index is 0.207. The van der Waals surface area contributed by atoms with Gasteiger partial charge in [-0.2, -0.15) is 0 Å². The van der Waals surface area contributed by atoms with Gasteiger partial charge in [-0.25, -0.2) is 4.98 Å². The summed E-state index contributed by atoms with van der Waals surface area (Å²) in [5.41, 5.74) is 2.28. The van der Waals surface area contributed by atoms with Crippen molar-refractivity contribution in [3.8, 4) is 0 Å². The van der Waals surface area contributed by atoms with Crippen molar-refractivity contribution in [1.29, 1.82) is 0 Å². The zero-order chi connectivity index (χ0) is 18.5. The van der Waals surface area contributed by atoms with Crippen molar-refractivity contribution in [1.82, 2.24) is 19.4 Å². The fourth-order valence-electron chi connectivity index (χ4n) is 3.80. The molecule has 5 heteroatoms. The summed E-state index contributed by atoms with van der Waals surface area (Å²) >= 11 is 0. The average Bonchev–Trinajstić information content (AvgIpc) is 3.18. The van der Waals surface area contributed by atoms with Crippen molar-refractivity contribution in [3.05, 3.63) is 84.2 Å². The highest BCUT2D eigenvalue weighted by Crippen LogP contribution is 2.26. The summed E-state index contributed by atoms with van der Waals surface area (Å²) in [4.78, 5) is 23.5. The second-order valence-corrected chi connectivity index (χ2v) is 7.11. The van der Waals surface area contributed by atoms with Crippen molar-refractivity contribution < 1.29 is 4.79 Å². The lowest BCUT2D eigenvalue weighted by Crippen LogP contribution is -2.40. The van der Waals surface area contributed by atoms with Gasteiger partial charge in [0, 0.05) is 50.3 Å². The van der Waals surface area contributed by atoms with Crippen molar-refractivity contribution in [2.45, 2.75) is 31.7 Å². The Morgan fingerprint density at radius 3 is 2.67 bits per heavy atom. The van der Waals surface area contributed by atoms with E-state index < -0.39 is 0 Å². The molecule has 138 valence electrons. The minimum Gasteiger partial charge on any atom is -0.342 e. The molecule has 1 aliphatic rings. The maximum atomic E-state index is 12.8. The van der Waals surface area contributed by atoms with Gasteiger partial charge in [0.1, 0.15) is 5.82 Å². The Bertz CT molecular complexity index is 876. The summed E-state index contributed by atoms with van der Waals surface area (Å²) in [6.07, 6.45) is 10.1. The molecular weight excluding hydrogens is 336 g/mol. The van der Waals surface area contributed by atoms with E-state index in [1.54, 1.807) is 0 Å². The smallest absolute Gasteiger partial charge is 0.227 e. The van der Waals surface area contributed by atoms with Crippen LogP contribution in [0.3, 0.4) is 0 Å². The molecule has 1 aliphatic heterocycles. The summed E-state index contributed by atoms with van der Waals surface area (Å²) in [6.45, 7) is 2.37. The van der Waals surface area contributed by atoms with Gasteiger partial charge in [0.05, 0.1) is 6.42 Å². The van der Waals surface area contributed by atoms with Crippen molar-refractivity contribution in [3.63, 3.8) is 0 Å². The van der Waals surface area contributed by atoms with Crippen LogP contribution in [0.2, 0.25) is 0 Å². The van der Waals surface area contributed by atoms with E-state index in [4.69, 9.17) is 0 Å². The molecule has 3 heterocycles. The molecule has 1 fully saturated rings. The highest BCUT2D eigenvalue weighted by atomic mass is 16.2. The van der Waals surface area contributed by atoms with Gasteiger partial charge < -0.3 is 9.47 Å². The number of piperidine rings is 1. The summed E-state index contributed by atoms with van der Waals surface area (Å²) in [7, 11) is 0. The third-order valence-electron chi connectivity index (χ3n) is 5.19. The topological polar surface area (TPSA) is 51.0 Å². The number of likely N-dealkylation sites (tertiary alicyclic amines) is 1. The van der Waals surface area contributed by atoms with E-state index in [0.29, 0.717) is 6.42 Å². The van der Waals surface area contributed by atoms with Gasteiger partial charge in [-0.3, -0.25) is 9.78 Å². The van der Waals surface area contributed by atoms with Crippen molar-refractivity contribution in [2.24, 2.45) is 0 Å². The molecule has 3 aromatic rings. The van der Waals surface area contributed by atoms with Crippen LogP contribution in [0, 0.1) is 0 Å². The summed E-state index contributed by atoms with van der Waals surface area (Å²) < 4.78 is 2.20. The third-order valence-corrected chi connectivity index (χ3v) is 5.19. The first-order chi connectivity index (χ1) is 13.3. The third kappa shape index (κ3) is 4.25. The van der Waals surface area contributed by atoms with E-state index >= 15 is 0 Å². The van der Waals surface area contributed by atoms with Gasteiger partial charge >= 0.3 is 0 Å². The second kappa shape index (κ2) is 8.16. The number of aromatic nitrogens is 3. The molecule has 0 bridgehead atoms. The van der Waals surface area contributed by atoms with Gasteiger partial charge in [0.25, 0.3) is 0 Å². The van der Waals surface area contributed by atoms with Crippen LogP contribution < -0.4 is 0 Å². The second-order valence-electron chi connectivity index (χ2n) is 7.11. The predicted octanol–water partition coefficient (Wildman–Crippen LogP) is 3.28. The van der Waals surface area contributed by atoms with E-state index in [9.17, 15) is 4.79 Å². The number of carbonyl (C=O) groups is 1. The highest BCUT2D eigenvalue weighted by Gasteiger charge is 2.27. The zero-order valence-corrected chi connectivity index (χ0v) is 15.4. The maximum Gasteiger partial charge on any atom is 0.227 e. The number of amides is 1. The summed E-state index contributed by atoms with van der Waals surface area (Å²) in [5, 5.41) is 0. The van der Waals surface area contributed by atoms with Crippen LogP contribution >= 0.6 is 0 Å². The first-order valence-corrected chi connectivity index (χ1v) is 9.51. The van der Waals surface area contributed by atoms with Crippen molar-refractivity contribution >= 4 is 5.91 Å². The molecule has 1 amide bonds. The van der Waals surface area contributed by atoms with Gasteiger partial charge in [0.2, 0.25) is 5.91 Å². The summed E-state index contributed by atoms with van der Waals surface area (Å²) in [5.74, 6) is 1.57. The molecule has 5 nitrogen and oxygen atoms in total. The van der Waals surface area contributed by atoms with Crippen molar-refractivity contribution in [2.75, 3.05) is 13.1 Å². The van der Waals surface area contributed by atoms with E-state index in [0.717, 1.165) is 43.9 Å². The number of rotatable bonds is 5. The molecule has 0 saturated carbocycles. The Labute approximate surface area is 159 Å². The lowest BCUT2D eigenvalue weighted by molar-refractivity contribution is -0.131. The monoisotopic (exact) mass is 360 g/mol. The summed E-state index contributed by atoms with van der Waals surface area (Å²) in [6, 6.07) is 14.0. The molecule has 0 aliphatic carbocycles. The van der Waals surface area contributed by atoms with Crippen LogP contribution in [0.4, 0.5) is 0 Å². The van der Waals surface area contributed by atoms with Crippen LogP contribution in [-0.4, -0.2) is 38.4 Å². The molecule has 2 aromatic heterocycles. The first-order valence-electron chi connectivity index (χ1n) is 9.51. The molecule has 0 spiro atoms. The van der Waals surface area contributed by atoms with Gasteiger partial charge in [-0.05, 0) is 36.1 Å². The van der Waals surface area contributed by atoms with E-state index in [1.807, 2.05) is 72.2 Å². The fraction of sp³-hybridized carbons (Fsp3) is 0.318. The van der Waals surface area contributed by atoms with Crippen LogP contribution in [0.5, 0.6) is 0 Å². The lowest BCUT2D eigenvalue weighted by Gasteiger charge is -2.33. The Morgan fingerprint density at radius 2 is 1.85 bits per heavy atom. The average molecular weight is 360 g/mol. The largest absolute Gasteiger partial charge is 0.342 e. The molecular formula is C22H24N4O.